The standard InChI is InChI=1S/C26H26N8O/c1-17-18(2)29-22-4-3-19(13-21(17)22)15-28-31-25-14-24(33-9-11-35-12-10-33)26-30-23(16-34(26)32-25)20-5-7-27-8-6-20/h3-8,13-16,29H,9-12H2,1-2H3,(H,31,32)/b28-15+. The molecule has 0 atom stereocenters. The van der Waals surface area contributed by atoms with Gasteiger partial charge in [0.25, 0.3) is 0 Å². The van der Waals surface area contributed by atoms with Crippen molar-refractivity contribution in [2.75, 3.05) is 36.6 Å². The summed E-state index contributed by atoms with van der Waals surface area (Å²) in [6.07, 6.45) is 7.29. The third-order valence-corrected chi connectivity index (χ3v) is 6.46. The van der Waals surface area contributed by atoms with E-state index in [1.54, 1.807) is 12.4 Å². The maximum absolute atomic E-state index is 5.56. The second-order valence-corrected chi connectivity index (χ2v) is 8.69. The average molecular weight is 467 g/mol. The number of rotatable bonds is 5. The van der Waals surface area contributed by atoms with Crippen LogP contribution in [0.4, 0.5) is 11.5 Å². The normalized spacial score (nSPS) is 14.4. The Kier molecular flexibility index (Phi) is 5.38. The minimum Gasteiger partial charge on any atom is -0.378 e. The minimum absolute atomic E-state index is 0.642. The van der Waals surface area contributed by atoms with Crippen LogP contribution in [0.3, 0.4) is 0 Å². The fourth-order valence-corrected chi connectivity index (χ4v) is 4.45. The first kappa shape index (κ1) is 21.3. The van der Waals surface area contributed by atoms with Crippen LogP contribution in [0.25, 0.3) is 27.8 Å². The van der Waals surface area contributed by atoms with E-state index in [0.29, 0.717) is 19.0 Å². The van der Waals surface area contributed by atoms with Gasteiger partial charge in [-0.2, -0.15) is 5.10 Å². The molecule has 1 aliphatic heterocycles. The minimum atomic E-state index is 0.642. The van der Waals surface area contributed by atoms with E-state index in [2.05, 4.69) is 57.4 Å². The van der Waals surface area contributed by atoms with Crippen LogP contribution in [0.1, 0.15) is 16.8 Å². The Balaban J connectivity index is 1.33. The molecule has 6 rings (SSSR count). The van der Waals surface area contributed by atoms with Crippen LogP contribution < -0.4 is 10.3 Å². The first-order valence-corrected chi connectivity index (χ1v) is 11.7. The van der Waals surface area contributed by atoms with Gasteiger partial charge in [-0.05, 0) is 49.2 Å². The van der Waals surface area contributed by atoms with Crippen molar-refractivity contribution in [1.29, 1.82) is 0 Å². The van der Waals surface area contributed by atoms with Crippen molar-refractivity contribution in [2.24, 2.45) is 5.10 Å². The van der Waals surface area contributed by atoms with E-state index in [0.717, 1.165) is 46.8 Å². The molecule has 0 bridgehead atoms. The number of imidazole rings is 1. The van der Waals surface area contributed by atoms with E-state index < -0.39 is 0 Å². The van der Waals surface area contributed by atoms with Crippen molar-refractivity contribution in [3.05, 3.63) is 71.8 Å². The first-order valence-electron chi connectivity index (χ1n) is 11.7. The molecule has 0 aliphatic carbocycles. The molecule has 1 aliphatic rings. The predicted molar refractivity (Wildman–Crippen MR) is 138 cm³/mol. The van der Waals surface area contributed by atoms with Crippen LogP contribution in [0.2, 0.25) is 0 Å². The molecule has 5 heterocycles. The van der Waals surface area contributed by atoms with Gasteiger partial charge in [0.15, 0.2) is 11.5 Å². The number of aromatic amines is 1. The van der Waals surface area contributed by atoms with Crippen LogP contribution in [0, 0.1) is 13.8 Å². The number of pyridine rings is 1. The Morgan fingerprint density at radius 1 is 1.09 bits per heavy atom. The molecule has 0 spiro atoms. The molecule has 1 saturated heterocycles. The van der Waals surface area contributed by atoms with Crippen molar-refractivity contribution in [3.63, 3.8) is 0 Å². The Hall–Kier alpha value is -4.24. The van der Waals surface area contributed by atoms with Gasteiger partial charge >= 0.3 is 0 Å². The van der Waals surface area contributed by atoms with Gasteiger partial charge < -0.3 is 14.6 Å². The Bertz CT molecular complexity index is 1530. The summed E-state index contributed by atoms with van der Waals surface area (Å²) in [4.78, 5) is 14.7. The number of ether oxygens (including phenoxy) is 1. The van der Waals surface area contributed by atoms with Crippen LogP contribution in [0.5, 0.6) is 0 Å². The largest absolute Gasteiger partial charge is 0.378 e. The zero-order valence-electron chi connectivity index (χ0n) is 19.7. The lowest BCUT2D eigenvalue weighted by Crippen LogP contribution is -2.36. The van der Waals surface area contributed by atoms with Crippen molar-refractivity contribution in [2.45, 2.75) is 13.8 Å². The number of hydrogen-bond acceptors (Lipinski definition) is 7. The summed E-state index contributed by atoms with van der Waals surface area (Å²) in [6.45, 7) is 7.20. The lowest BCUT2D eigenvalue weighted by molar-refractivity contribution is 0.123. The number of fused-ring (bicyclic) bond motifs is 2. The number of hydrazone groups is 1. The molecule has 1 aromatic carbocycles. The van der Waals surface area contributed by atoms with Crippen LogP contribution in [0.15, 0.2) is 60.1 Å². The number of anilines is 2. The molecule has 0 radical (unpaired) electrons. The Labute approximate surface area is 202 Å². The van der Waals surface area contributed by atoms with Gasteiger partial charge in [-0.1, -0.05) is 6.07 Å². The number of benzene rings is 1. The number of morpholine rings is 1. The number of nitrogens with one attached hydrogen (secondary N) is 2. The van der Waals surface area contributed by atoms with Crippen LogP contribution in [-0.2, 0) is 4.74 Å². The maximum atomic E-state index is 5.56. The monoisotopic (exact) mass is 466 g/mol. The van der Waals surface area contributed by atoms with Gasteiger partial charge in [-0.3, -0.25) is 10.4 Å². The highest BCUT2D eigenvalue weighted by molar-refractivity contribution is 5.91. The molecule has 35 heavy (non-hydrogen) atoms. The van der Waals surface area contributed by atoms with Crippen molar-refractivity contribution in [3.8, 4) is 11.3 Å². The number of H-pyrrole nitrogens is 1. The van der Waals surface area contributed by atoms with E-state index in [9.17, 15) is 0 Å². The zero-order valence-corrected chi connectivity index (χ0v) is 19.7. The highest BCUT2D eigenvalue weighted by Gasteiger charge is 2.19. The van der Waals surface area contributed by atoms with Crippen molar-refractivity contribution < 1.29 is 4.74 Å². The number of aromatic nitrogens is 5. The first-order chi connectivity index (χ1) is 17.2. The molecule has 176 valence electrons. The molecule has 0 saturated carbocycles. The van der Waals surface area contributed by atoms with Crippen molar-refractivity contribution >= 4 is 34.3 Å². The summed E-state index contributed by atoms with van der Waals surface area (Å²) in [6, 6.07) is 12.2. The van der Waals surface area contributed by atoms with Gasteiger partial charge in [0.1, 0.15) is 0 Å². The van der Waals surface area contributed by atoms with Gasteiger partial charge in [0.2, 0.25) is 0 Å². The Morgan fingerprint density at radius 2 is 1.91 bits per heavy atom. The van der Waals surface area contributed by atoms with Crippen LogP contribution in [-0.4, -0.2) is 57.1 Å². The molecule has 9 nitrogen and oxygen atoms in total. The molecule has 9 heteroatoms. The topological polar surface area (TPSA) is 95.7 Å². The van der Waals surface area contributed by atoms with Gasteiger partial charge in [-0.15, -0.1) is 5.10 Å². The summed E-state index contributed by atoms with van der Waals surface area (Å²) >= 11 is 0. The number of nitrogens with zero attached hydrogens (tertiary/aromatic N) is 6. The average Bonchev–Trinajstić information content (AvgIpc) is 3.45. The van der Waals surface area contributed by atoms with E-state index in [-0.39, 0.29) is 0 Å². The van der Waals surface area contributed by atoms with E-state index in [1.807, 2.05) is 35.1 Å². The van der Waals surface area contributed by atoms with Crippen LogP contribution >= 0.6 is 0 Å². The van der Waals surface area contributed by atoms with Gasteiger partial charge in [-0.25, -0.2) is 9.50 Å². The number of aryl methyl sites for hydroxylation is 2. The zero-order chi connectivity index (χ0) is 23.8. The lowest BCUT2D eigenvalue weighted by Gasteiger charge is -2.29. The second kappa shape index (κ2) is 8.84. The summed E-state index contributed by atoms with van der Waals surface area (Å²) in [7, 11) is 0. The molecule has 4 aromatic heterocycles. The molecular formula is C26H26N8O. The fraction of sp³-hybridized carbons (Fsp3) is 0.231. The predicted octanol–water partition coefficient (Wildman–Crippen LogP) is 4.17. The van der Waals surface area contributed by atoms with Crippen molar-refractivity contribution in [1.82, 2.24) is 24.6 Å². The third kappa shape index (κ3) is 4.10. The second-order valence-electron chi connectivity index (χ2n) is 8.69. The van der Waals surface area contributed by atoms with E-state index >= 15 is 0 Å². The molecule has 1 fully saturated rings. The SMILES string of the molecule is Cc1[nH]c2ccc(/C=N/Nc3cc(N4CCOCC4)c4nc(-c5ccncc5)cn4n3)cc2c1C. The van der Waals surface area contributed by atoms with Gasteiger partial charge in [0.05, 0.1) is 37.0 Å². The number of hydrogen-bond donors (Lipinski definition) is 2. The summed E-state index contributed by atoms with van der Waals surface area (Å²) < 4.78 is 7.38. The summed E-state index contributed by atoms with van der Waals surface area (Å²) in [5.74, 6) is 0.642. The summed E-state index contributed by atoms with van der Waals surface area (Å²) in [5, 5.41) is 10.4. The third-order valence-electron chi connectivity index (χ3n) is 6.46. The lowest BCUT2D eigenvalue weighted by atomic mass is 10.1. The van der Waals surface area contributed by atoms with E-state index in [4.69, 9.17) is 14.8 Å². The fourth-order valence-electron chi connectivity index (χ4n) is 4.45. The molecular weight excluding hydrogens is 440 g/mol. The maximum Gasteiger partial charge on any atom is 0.177 e. The molecule has 2 N–H and O–H groups in total. The highest BCUT2D eigenvalue weighted by atomic mass is 16.5. The Morgan fingerprint density at radius 3 is 2.74 bits per heavy atom. The quantitative estimate of drug-likeness (QED) is 0.298. The smallest absolute Gasteiger partial charge is 0.177 e. The van der Waals surface area contributed by atoms with Gasteiger partial charge in [0, 0.05) is 53.7 Å². The highest BCUT2D eigenvalue weighted by Crippen LogP contribution is 2.28. The molecule has 5 aromatic rings. The molecule has 0 unspecified atom stereocenters. The molecule has 0 amide bonds. The van der Waals surface area contributed by atoms with E-state index in [1.165, 1.54) is 16.6 Å². The summed E-state index contributed by atoms with van der Waals surface area (Å²) in [5.41, 5.74) is 11.4.